The molecule has 0 spiro atoms. The fourth-order valence-electron chi connectivity index (χ4n) is 3.62. The number of aromatic amines is 1. The Bertz CT molecular complexity index is 690. The van der Waals surface area contributed by atoms with E-state index in [9.17, 15) is 0 Å². The Morgan fingerprint density at radius 3 is 2.77 bits per heavy atom. The number of aromatic nitrogens is 1. The Hall–Kier alpha value is -1.28. The molecule has 1 saturated heterocycles. The maximum Gasteiger partial charge on any atom is 0.190 e. The van der Waals surface area contributed by atoms with Gasteiger partial charge in [-0.05, 0) is 49.9 Å². The fourth-order valence-corrected chi connectivity index (χ4v) is 3.62. The molecule has 1 fully saturated rings. The summed E-state index contributed by atoms with van der Waals surface area (Å²) >= 11 is 0. The summed E-state index contributed by atoms with van der Waals surface area (Å²) in [5.41, 5.74) is 2.55. The number of hydrogen-bond donors (Lipinski definition) is 3. The van der Waals surface area contributed by atoms with Gasteiger partial charge in [0, 0.05) is 43.8 Å². The lowest BCUT2D eigenvalue weighted by molar-refractivity contribution is 0.287. The standard InChI is InChI=1S/C20H31N5.HI/c1-16(15-25-11-5-6-12-25)13-24-20(21-2)22-10-9-17-14-23-19-8-4-3-7-18(17)19;/h3-4,7-8,14,16,23H,5-6,9-13,15H2,1-2H3,(H2,21,22,24);1H. The van der Waals surface area contributed by atoms with Crippen molar-refractivity contribution in [2.75, 3.05) is 39.8 Å². The number of hydrogen-bond acceptors (Lipinski definition) is 2. The van der Waals surface area contributed by atoms with E-state index in [1.807, 2.05) is 7.05 Å². The van der Waals surface area contributed by atoms with Crippen LogP contribution in [0.15, 0.2) is 35.5 Å². The van der Waals surface area contributed by atoms with Crippen LogP contribution in [0.2, 0.25) is 0 Å². The molecule has 1 atom stereocenters. The van der Waals surface area contributed by atoms with Gasteiger partial charge in [0.1, 0.15) is 0 Å². The molecule has 0 amide bonds. The first-order valence-electron chi connectivity index (χ1n) is 9.48. The molecule has 1 unspecified atom stereocenters. The van der Waals surface area contributed by atoms with E-state index < -0.39 is 0 Å². The molecule has 1 aromatic carbocycles. The highest BCUT2D eigenvalue weighted by Gasteiger charge is 2.14. The van der Waals surface area contributed by atoms with E-state index in [0.29, 0.717) is 5.92 Å². The van der Waals surface area contributed by atoms with Crippen LogP contribution in [0.5, 0.6) is 0 Å². The first-order valence-corrected chi connectivity index (χ1v) is 9.48. The van der Waals surface area contributed by atoms with Gasteiger partial charge in [-0.3, -0.25) is 4.99 Å². The van der Waals surface area contributed by atoms with E-state index in [1.165, 1.54) is 48.9 Å². The summed E-state index contributed by atoms with van der Waals surface area (Å²) < 4.78 is 0. The van der Waals surface area contributed by atoms with Crippen LogP contribution in [0, 0.1) is 5.92 Å². The molecule has 2 aromatic rings. The van der Waals surface area contributed by atoms with Gasteiger partial charge in [0.25, 0.3) is 0 Å². The second-order valence-corrected chi connectivity index (χ2v) is 7.10. The Balaban J connectivity index is 0.00000243. The second-order valence-electron chi connectivity index (χ2n) is 7.10. The van der Waals surface area contributed by atoms with Crippen LogP contribution in [-0.2, 0) is 6.42 Å². The second kappa shape index (κ2) is 10.8. The Kier molecular flexibility index (Phi) is 8.71. The lowest BCUT2D eigenvalue weighted by atomic mass is 10.1. The van der Waals surface area contributed by atoms with Gasteiger partial charge in [-0.1, -0.05) is 25.1 Å². The number of fused-ring (bicyclic) bond motifs is 1. The molecule has 0 radical (unpaired) electrons. The molecule has 1 aliphatic heterocycles. The maximum absolute atomic E-state index is 4.35. The molecule has 144 valence electrons. The lowest BCUT2D eigenvalue weighted by Crippen LogP contribution is -2.42. The number of likely N-dealkylation sites (tertiary alicyclic amines) is 1. The van der Waals surface area contributed by atoms with Gasteiger partial charge in [-0.2, -0.15) is 0 Å². The molecule has 26 heavy (non-hydrogen) atoms. The number of halogens is 1. The van der Waals surface area contributed by atoms with E-state index in [2.05, 4.69) is 62.9 Å². The van der Waals surface area contributed by atoms with Gasteiger partial charge in [0.2, 0.25) is 0 Å². The number of guanidine groups is 1. The zero-order valence-electron chi connectivity index (χ0n) is 15.9. The van der Waals surface area contributed by atoms with Crippen LogP contribution in [0.4, 0.5) is 0 Å². The van der Waals surface area contributed by atoms with Crippen LogP contribution in [0.25, 0.3) is 10.9 Å². The number of para-hydroxylation sites is 1. The minimum atomic E-state index is 0. The van der Waals surface area contributed by atoms with Crippen molar-refractivity contribution < 1.29 is 0 Å². The highest BCUT2D eigenvalue weighted by Crippen LogP contribution is 2.17. The molecule has 0 bridgehead atoms. The summed E-state index contributed by atoms with van der Waals surface area (Å²) in [6, 6.07) is 8.45. The molecule has 3 N–H and O–H groups in total. The zero-order valence-corrected chi connectivity index (χ0v) is 18.3. The molecule has 5 nitrogen and oxygen atoms in total. The topological polar surface area (TPSA) is 55.5 Å². The molecule has 1 aliphatic rings. The van der Waals surface area contributed by atoms with Gasteiger partial charge in [-0.15, -0.1) is 24.0 Å². The molecule has 0 saturated carbocycles. The molecular weight excluding hydrogens is 437 g/mol. The van der Waals surface area contributed by atoms with E-state index in [0.717, 1.165) is 25.5 Å². The fraction of sp³-hybridized carbons (Fsp3) is 0.550. The number of H-pyrrole nitrogens is 1. The summed E-state index contributed by atoms with van der Waals surface area (Å²) in [6.07, 6.45) is 5.81. The van der Waals surface area contributed by atoms with E-state index in [-0.39, 0.29) is 24.0 Å². The van der Waals surface area contributed by atoms with E-state index >= 15 is 0 Å². The van der Waals surface area contributed by atoms with Gasteiger partial charge in [-0.25, -0.2) is 0 Å². The predicted octanol–water partition coefficient (Wildman–Crippen LogP) is 3.23. The molecule has 0 aliphatic carbocycles. The van der Waals surface area contributed by atoms with Crippen molar-refractivity contribution >= 4 is 40.8 Å². The first kappa shape index (κ1) is 21.0. The molecule has 2 heterocycles. The highest BCUT2D eigenvalue weighted by atomic mass is 127. The Morgan fingerprint density at radius 1 is 1.23 bits per heavy atom. The Morgan fingerprint density at radius 2 is 2.00 bits per heavy atom. The Labute approximate surface area is 174 Å². The van der Waals surface area contributed by atoms with E-state index in [4.69, 9.17) is 0 Å². The number of nitrogens with one attached hydrogen (secondary N) is 3. The van der Waals surface area contributed by atoms with Crippen molar-refractivity contribution in [3.05, 3.63) is 36.0 Å². The van der Waals surface area contributed by atoms with E-state index in [1.54, 1.807) is 0 Å². The van der Waals surface area contributed by atoms with Crippen molar-refractivity contribution in [1.82, 2.24) is 20.5 Å². The average Bonchev–Trinajstić information content (AvgIpc) is 3.28. The quantitative estimate of drug-likeness (QED) is 0.332. The number of aliphatic imine (C=N–C) groups is 1. The minimum absolute atomic E-state index is 0. The van der Waals surface area contributed by atoms with Crippen LogP contribution in [-0.4, -0.2) is 55.6 Å². The van der Waals surface area contributed by atoms with Gasteiger partial charge >= 0.3 is 0 Å². The van der Waals surface area contributed by atoms with Crippen LogP contribution in [0.3, 0.4) is 0 Å². The van der Waals surface area contributed by atoms with Crippen LogP contribution >= 0.6 is 24.0 Å². The number of nitrogens with zero attached hydrogens (tertiary/aromatic N) is 2. The van der Waals surface area contributed by atoms with Gasteiger partial charge < -0.3 is 20.5 Å². The number of rotatable bonds is 7. The van der Waals surface area contributed by atoms with Crippen LogP contribution < -0.4 is 10.6 Å². The summed E-state index contributed by atoms with van der Waals surface area (Å²) in [7, 11) is 1.84. The monoisotopic (exact) mass is 469 g/mol. The van der Waals surface area contributed by atoms with Crippen molar-refractivity contribution in [2.45, 2.75) is 26.2 Å². The third kappa shape index (κ3) is 5.87. The van der Waals surface area contributed by atoms with Crippen molar-refractivity contribution in [3.63, 3.8) is 0 Å². The average molecular weight is 469 g/mol. The van der Waals surface area contributed by atoms with Crippen molar-refractivity contribution in [2.24, 2.45) is 10.9 Å². The highest BCUT2D eigenvalue weighted by molar-refractivity contribution is 14.0. The molecule has 1 aromatic heterocycles. The van der Waals surface area contributed by atoms with Gasteiger partial charge in [0.05, 0.1) is 0 Å². The van der Waals surface area contributed by atoms with Crippen molar-refractivity contribution in [1.29, 1.82) is 0 Å². The normalized spacial score (nSPS) is 16.5. The number of benzene rings is 1. The summed E-state index contributed by atoms with van der Waals surface area (Å²) in [4.78, 5) is 10.3. The zero-order chi connectivity index (χ0) is 17.5. The molecular formula is C20H32IN5. The third-order valence-electron chi connectivity index (χ3n) is 4.97. The summed E-state index contributed by atoms with van der Waals surface area (Å²) in [5, 5.41) is 8.21. The predicted molar refractivity (Wildman–Crippen MR) is 122 cm³/mol. The smallest absolute Gasteiger partial charge is 0.190 e. The molecule has 6 heteroatoms. The maximum atomic E-state index is 4.35. The lowest BCUT2D eigenvalue weighted by Gasteiger charge is -2.21. The molecule has 3 rings (SSSR count). The largest absolute Gasteiger partial charge is 0.361 e. The van der Waals surface area contributed by atoms with Crippen LogP contribution in [0.1, 0.15) is 25.3 Å². The summed E-state index contributed by atoms with van der Waals surface area (Å²) in [5.74, 6) is 1.53. The summed E-state index contributed by atoms with van der Waals surface area (Å²) in [6.45, 7) is 7.86. The first-order chi connectivity index (χ1) is 12.3. The SMILES string of the molecule is CN=C(NCCc1c[nH]c2ccccc12)NCC(C)CN1CCCC1.I. The van der Waals surface area contributed by atoms with Crippen molar-refractivity contribution in [3.8, 4) is 0 Å². The third-order valence-corrected chi connectivity index (χ3v) is 4.97. The van der Waals surface area contributed by atoms with Gasteiger partial charge in [0.15, 0.2) is 5.96 Å². The minimum Gasteiger partial charge on any atom is -0.361 e.